The first kappa shape index (κ1) is 9.08. The van der Waals surface area contributed by atoms with Crippen molar-refractivity contribution in [1.82, 2.24) is 4.98 Å². The number of phenols is 1. The summed E-state index contributed by atoms with van der Waals surface area (Å²) in [6.45, 7) is 0. The number of carboxylic acid groups (broad SMARTS) is 1. The number of phenolic OH excluding ortho intramolecular Hbond substituents is 1. The molecule has 72 valence electrons. The number of carbonyl (C=O) groups is 1. The molecule has 0 fully saturated rings. The van der Waals surface area contributed by atoms with Crippen LogP contribution in [0, 0.1) is 0 Å². The van der Waals surface area contributed by atoms with E-state index in [-0.39, 0.29) is 11.3 Å². The van der Waals surface area contributed by atoms with Crippen LogP contribution in [0.3, 0.4) is 0 Å². The number of nitrogens with one attached hydrogen (secondary N) is 1. The molecular weight excluding hydrogens is 250 g/mol. The molecule has 0 aliphatic carbocycles. The van der Waals surface area contributed by atoms with Gasteiger partial charge in [-0.2, -0.15) is 0 Å². The maximum Gasteiger partial charge on any atom is 0.337 e. The molecule has 0 radical (unpaired) electrons. The van der Waals surface area contributed by atoms with E-state index in [1.807, 2.05) is 0 Å². The third-order valence-electron chi connectivity index (χ3n) is 1.98. The summed E-state index contributed by atoms with van der Waals surface area (Å²) in [6.07, 6.45) is 1.40. The topological polar surface area (TPSA) is 73.3 Å². The van der Waals surface area contributed by atoms with E-state index in [2.05, 4.69) is 20.9 Å². The Balaban J connectivity index is 2.80. The van der Waals surface area contributed by atoms with Crippen LogP contribution in [0.5, 0.6) is 5.75 Å². The zero-order chi connectivity index (χ0) is 10.3. The van der Waals surface area contributed by atoms with Crippen LogP contribution < -0.4 is 0 Å². The number of benzene rings is 1. The first-order chi connectivity index (χ1) is 6.59. The van der Waals surface area contributed by atoms with Crippen molar-refractivity contribution in [2.75, 3.05) is 0 Å². The number of aromatic carboxylic acids is 1. The minimum Gasteiger partial charge on any atom is -0.507 e. The van der Waals surface area contributed by atoms with E-state index in [0.717, 1.165) is 0 Å². The van der Waals surface area contributed by atoms with E-state index >= 15 is 0 Å². The molecule has 2 rings (SSSR count). The number of halogens is 1. The Morgan fingerprint density at radius 1 is 1.43 bits per heavy atom. The number of H-pyrrole nitrogens is 1. The number of fused-ring (bicyclic) bond motifs is 1. The van der Waals surface area contributed by atoms with E-state index in [1.54, 1.807) is 6.07 Å². The molecule has 0 aliphatic rings. The van der Waals surface area contributed by atoms with E-state index in [0.29, 0.717) is 15.4 Å². The molecule has 0 aliphatic heterocycles. The lowest BCUT2D eigenvalue weighted by Crippen LogP contribution is -1.93. The van der Waals surface area contributed by atoms with Crippen LogP contribution in [0.1, 0.15) is 10.4 Å². The summed E-state index contributed by atoms with van der Waals surface area (Å²) in [5.41, 5.74) is 0.795. The van der Waals surface area contributed by atoms with Gasteiger partial charge in [-0.1, -0.05) is 0 Å². The molecule has 1 aromatic heterocycles. The molecule has 0 saturated heterocycles. The fourth-order valence-corrected chi connectivity index (χ4v) is 1.65. The van der Waals surface area contributed by atoms with Crippen LogP contribution in [0.2, 0.25) is 0 Å². The van der Waals surface area contributed by atoms with Gasteiger partial charge in [-0.05, 0) is 22.0 Å². The first-order valence-electron chi connectivity index (χ1n) is 3.82. The van der Waals surface area contributed by atoms with E-state index in [9.17, 15) is 9.90 Å². The molecule has 1 heterocycles. The molecular formula is C9H6BrNO3. The quantitative estimate of drug-likeness (QED) is 0.733. The maximum absolute atomic E-state index is 10.8. The number of rotatable bonds is 1. The van der Waals surface area contributed by atoms with Crippen LogP contribution in [-0.2, 0) is 0 Å². The number of aromatic hydroxyl groups is 1. The number of hydrogen-bond acceptors (Lipinski definition) is 2. The highest BCUT2D eigenvalue weighted by molar-refractivity contribution is 9.10. The molecule has 0 saturated carbocycles. The Hall–Kier alpha value is -1.49. The second kappa shape index (κ2) is 3.02. The Labute approximate surface area is 87.3 Å². The molecule has 0 atom stereocenters. The van der Waals surface area contributed by atoms with Crippen molar-refractivity contribution >= 4 is 32.8 Å². The van der Waals surface area contributed by atoms with Crippen molar-refractivity contribution < 1.29 is 15.0 Å². The zero-order valence-corrected chi connectivity index (χ0v) is 8.50. The Kier molecular flexibility index (Phi) is 1.96. The van der Waals surface area contributed by atoms with Crippen molar-refractivity contribution in [3.8, 4) is 5.75 Å². The van der Waals surface area contributed by atoms with Crippen molar-refractivity contribution in [1.29, 1.82) is 0 Å². The monoisotopic (exact) mass is 255 g/mol. The van der Waals surface area contributed by atoms with Gasteiger partial charge < -0.3 is 15.2 Å². The van der Waals surface area contributed by atoms with Crippen LogP contribution >= 0.6 is 15.9 Å². The average molecular weight is 256 g/mol. The molecule has 0 amide bonds. The molecule has 2 aromatic rings. The highest BCUT2D eigenvalue weighted by Crippen LogP contribution is 2.30. The molecule has 5 heteroatoms. The summed E-state index contributed by atoms with van der Waals surface area (Å²) in [6, 6.07) is 3.05. The average Bonchev–Trinajstić information content (AvgIpc) is 2.48. The fourth-order valence-electron chi connectivity index (χ4n) is 1.31. The van der Waals surface area contributed by atoms with Crippen LogP contribution in [0.15, 0.2) is 22.8 Å². The van der Waals surface area contributed by atoms with Gasteiger partial charge in [0, 0.05) is 17.6 Å². The number of aromatic nitrogens is 1. The summed E-state index contributed by atoms with van der Waals surface area (Å²) in [4.78, 5) is 13.6. The lowest BCUT2D eigenvalue weighted by molar-refractivity contribution is 0.0699. The van der Waals surface area contributed by atoms with Gasteiger partial charge in [-0.25, -0.2) is 4.79 Å². The lowest BCUT2D eigenvalue weighted by Gasteiger charge is -1.97. The lowest BCUT2D eigenvalue weighted by atomic mass is 10.2. The summed E-state index contributed by atoms with van der Waals surface area (Å²) < 4.78 is 0.479. The van der Waals surface area contributed by atoms with Gasteiger partial charge in [0.1, 0.15) is 5.75 Å². The summed E-state index contributed by atoms with van der Waals surface area (Å²) in [5.74, 6) is -0.912. The van der Waals surface area contributed by atoms with Crippen molar-refractivity contribution in [2.45, 2.75) is 0 Å². The van der Waals surface area contributed by atoms with Crippen LogP contribution in [0.25, 0.3) is 10.9 Å². The molecule has 0 unspecified atom stereocenters. The molecule has 4 nitrogen and oxygen atoms in total. The van der Waals surface area contributed by atoms with Gasteiger partial charge in [-0.15, -0.1) is 0 Å². The SMILES string of the molecule is O=C(O)c1c[nH]c2cc(O)c(Br)cc12. The van der Waals surface area contributed by atoms with Gasteiger partial charge >= 0.3 is 5.97 Å². The van der Waals surface area contributed by atoms with E-state index < -0.39 is 5.97 Å². The Morgan fingerprint density at radius 3 is 2.79 bits per heavy atom. The normalized spacial score (nSPS) is 10.6. The summed E-state index contributed by atoms with van der Waals surface area (Å²) in [5, 5.41) is 18.8. The van der Waals surface area contributed by atoms with Gasteiger partial charge in [0.2, 0.25) is 0 Å². The third-order valence-corrected chi connectivity index (χ3v) is 2.61. The predicted octanol–water partition coefficient (Wildman–Crippen LogP) is 2.33. The van der Waals surface area contributed by atoms with Crippen molar-refractivity contribution in [3.63, 3.8) is 0 Å². The molecule has 1 aromatic carbocycles. The van der Waals surface area contributed by atoms with Crippen LogP contribution in [-0.4, -0.2) is 21.2 Å². The van der Waals surface area contributed by atoms with E-state index in [1.165, 1.54) is 12.3 Å². The smallest absolute Gasteiger partial charge is 0.337 e. The number of aromatic amines is 1. The largest absolute Gasteiger partial charge is 0.507 e. The Morgan fingerprint density at radius 2 is 2.14 bits per heavy atom. The summed E-state index contributed by atoms with van der Waals surface area (Å²) in [7, 11) is 0. The molecule has 3 N–H and O–H groups in total. The van der Waals surface area contributed by atoms with Crippen molar-refractivity contribution in [3.05, 3.63) is 28.4 Å². The molecule has 14 heavy (non-hydrogen) atoms. The zero-order valence-electron chi connectivity index (χ0n) is 6.91. The first-order valence-corrected chi connectivity index (χ1v) is 4.62. The number of hydrogen-bond donors (Lipinski definition) is 3. The van der Waals surface area contributed by atoms with Gasteiger partial charge in [-0.3, -0.25) is 0 Å². The third kappa shape index (κ3) is 1.26. The maximum atomic E-state index is 10.8. The van der Waals surface area contributed by atoms with Crippen LogP contribution in [0.4, 0.5) is 0 Å². The van der Waals surface area contributed by atoms with E-state index in [4.69, 9.17) is 5.11 Å². The molecule has 0 bridgehead atoms. The molecule has 0 spiro atoms. The van der Waals surface area contributed by atoms with Gasteiger partial charge in [0.25, 0.3) is 0 Å². The fraction of sp³-hybridized carbons (Fsp3) is 0. The second-order valence-electron chi connectivity index (χ2n) is 2.86. The second-order valence-corrected chi connectivity index (χ2v) is 3.71. The minimum atomic E-state index is -0.992. The minimum absolute atomic E-state index is 0.0799. The highest BCUT2D eigenvalue weighted by Gasteiger charge is 2.12. The standard InChI is InChI=1S/C9H6BrNO3/c10-6-1-4-5(9(13)14)3-11-7(4)2-8(6)12/h1-3,11-12H,(H,13,14). The number of carboxylic acids is 1. The van der Waals surface area contributed by atoms with Gasteiger partial charge in [0.15, 0.2) is 0 Å². The Bertz CT molecular complexity index is 518. The van der Waals surface area contributed by atoms with Gasteiger partial charge in [0.05, 0.1) is 15.6 Å². The highest BCUT2D eigenvalue weighted by atomic mass is 79.9. The predicted molar refractivity (Wildman–Crippen MR) is 54.6 cm³/mol. The van der Waals surface area contributed by atoms with Crippen molar-refractivity contribution in [2.24, 2.45) is 0 Å². The summed E-state index contributed by atoms with van der Waals surface area (Å²) >= 11 is 3.13.